The molecular weight excluding hydrogens is 779 g/mol. The average molecular weight is 816 g/mol. The molecule has 298 valence electrons. The van der Waals surface area contributed by atoms with Crippen LogP contribution in [0.2, 0.25) is 0 Å². The van der Waals surface area contributed by atoms with Crippen molar-refractivity contribution in [2.24, 2.45) is 0 Å². The van der Waals surface area contributed by atoms with Crippen molar-refractivity contribution in [3.63, 3.8) is 0 Å². The molecule has 0 unspecified atom stereocenters. The van der Waals surface area contributed by atoms with Gasteiger partial charge in [0.25, 0.3) is 0 Å². The first kappa shape index (κ1) is 36.0. The number of hydrogen-bond donors (Lipinski definition) is 0. The maximum absolute atomic E-state index is 5.45. The molecule has 64 heavy (non-hydrogen) atoms. The molecule has 0 saturated heterocycles. The summed E-state index contributed by atoms with van der Waals surface area (Å²) in [4.78, 5) is 16.1. The molecular formula is C59H37N5. The lowest BCUT2D eigenvalue weighted by molar-refractivity contribution is 1.07. The van der Waals surface area contributed by atoms with Gasteiger partial charge in [-0.05, 0) is 75.8 Å². The van der Waals surface area contributed by atoms with Crippen molar-refractivity contribution in [2.75, 3.05) is 0 Å². The predicted molar refractivity (Wildman–Crippen MR) is 265 cm³/mol. The molecule has 0 aliphatic heterocycles. The van der Waals surface area contributed by atoms with Gasteiger partial charge in [0.05, 0.1) is 27.8 Å². The number of hydrogen-bond acceptors (Lipinski definition) is 3. The Labute approximate surface area is 368 Å². The van der Waals surface area contributed by atoms with Gasteiger partial charge >= 0.3 is 0 Å². The molecule has 0 saturated carbocycles. The van der Waals surface area contributed by atoms with Crippen LogP contribution in [0.5, 0.6) is 0 Å². The fourth-order valence-corrected chi connectivity index (χ4v) is 9.83. The molecule has 10 aromatic carbocycles. The summed E-state index contributed by atoms with van der Waals surface area (Å²) in [6.45, 7) is 0. The van der Waals surface area contributed by atoms with Crippen molar-refractivity contribution in [1.29, 1.82) is 0 Å². The highest BCUT2D eigenvalue weighted by Crippen LogP contribution is 2.41. The third-order valence-corrected chi connectivity index (χ3v) is 12.8. The summed E-state index contributed by atoms with van der Waals surface area (Å²) in [5.41, 5.74) is 11.8. The van der Waals surface area contributed by atoms with E-state index in [0.717, 1.165) is 71.9 Å². The molecule has 5 heteroatoms. The summed E-state index contributed by atoms with van der Waals surface area (Å²) in [7, 11) is 0. The number of fused-ring (bicyclic) bond motifs is 8. The van der Waals surface area contributed by atoms with Crippen molar-refractivity contribution in [2.45, 2.75) is 0 Å². The van der Waals surface area contributed by atoms with Crippen LogP contribution in [0.25, 0.3) is 122 Å². The topological polar surface area (TPSA) is 48.5 Å². The minimum Gasteiger partial charge on any atom is -0.309 e. The summed E-state index contributed by atoms with van der Waals surface area (Å²) in [5, 5.41) is 9.38. The molecule has 0 aliphatic rings. The molecule has 0 radical (unpaired) electrons. The van der Waals surface area contributed by atoms with Crippen molar-refractivity contribution in [3.8, 4) is 56.7 Å². The highest BCUT2D eigenvalue weighted by molar-refractivity contribution is 6.16. The smallest absolute Gasteiger partial charge is 0.166 e. The number of para-hydroxylation sites is 4. The van der Waals surface area contributed by atoms with E-state index in [0.29, 0.717) is 17.5 Å². The highest BCUT2D eigenvalue weighted by Gasteiger charge is 2.22. The van der Waals surface area contributed by atoms with Gasteiger partial charge < -0.3 is 9.13 Å². The van der Waals surface area contributed by atoms with E-state index in [9.17, 15) is 0 Å². The summed E-state index contributed by atoms with van der Waals surface area (Å²) in [6.07, 6.45) is 0. The van der Waals surface area contributed by atoms with Crippen LogP contribution >= 0.6 is 0 Å². The first-order chi connectivity index (χ1) is 31.7. The Bertz CT molecular complexity index is 3940. The minimum absolute atomic E-state index is 0.611. The molecule has 13 aromatic rings. The van der Waals surface area contributed by atoms with Gasteiger partial charge in [0.15, 0.2) is 17.5 Å². The standard InChI is InChI=1S/C59H37N5/c1-3-16-38(17-4-1)39-32-34-40(35-33-39)57-60-58(62-59(61-57)50-28-14-26-48-46-22-9-11-29-52(46)63(56(48)50)43-20-5-2-6-21-43)49-27-13-25-45-44(49)24-15-31-54(45)64-53-30-12-10-23-47(53)51-36-41-18-7-8-19-42(41)37-55(51)64/h1-37H. The first-order valence-corrected chi connectivity index (χ1v) is 21.7. The lowest BCUT2D eigenvalue weighted by Gasteiger charge is -2.15. The van der Waals surface area contributed by atoms with Crippen LogP contribution in [-0.2, 0) is 0 Å². The Hall–Kier alpha value is -8.67. The molecule has 0 fully saturated rings. The van der Waals surface area contributed by atoms with Crippen molar-refractivity contribution < 1.29 is 0 Å². The van der Waals surface area contributed by atoms with Crippen LogP contribution in [0.4, 0.5) is 0 Å². The van der Waals surface area contributed by atoms with Gasteiger partial charge in [-0.2, -0.15) is 0 Å². The van der Waals surface area contributed by atoms with Crippen LogP contribution in [0.1, 0.15) is 0 Å². The Morgan fingerprint density at radius 1 is 0.281 bits per heavy atom. The third-order valence-electron chi connectivity index (χ3n) is 12.8. The van der Waals surface area contributed by atoms with Crippen molar-refractivity contribution >= 4 is 65.2 Å². The fourth-order valence-electron chi connectivity index (χ4n) is 9.83. The zero-order chi connectivity index (χ0) is 42.1. The summed E-state index contributed by atoms with van der Waals surface area (Å²) in [5.74, 6) is 1.84. The highest BCUT2D eigenvalue weighted by atomic mass is 15.0. The number of nitrogens with zero attached hydrogens (tertiary/aromatic N) is 5. The zero-order valence-electron chi connectivity index (χ0n) is 34.6. The van der Waals surface area contributed by atoms with Gasteiger partial charge in [0.2, 0.25) is 0 Å². The molecule has 0 amide bonds. The molecule has 0 N–H and O–H groups in total. The lowest BCUT2D eigenvalue weighted by Crippen LogP contribution is -2.03. The predicted octanol–water partition coefficient (Wildman–Crippen LogP) is 15.0. The van der Waals surface area contributed by atoms with Crippen molar-refractivity contribution in [1.82, 2.24) is 24.1 Å². The van der Waals surface area contributed by atoms with Crippen LogP contribution < -0.4 is 0 Å². The first-order valence-electron chi connectivity index (χ1n) is 21.7. The van der Waals surface area contributed by atoms with Gasteiger partial charge in [-0.3, -0.25) is 0 Å². The van der Waals surface area contributed by atoms with E-state index in [2.05, 4.69) is 228 Å². The van der Waals surface area contributed by atoms with Gasteiger partial charge in [0.1, 0.15) is 0 Å². The Morgan fingerprint density at radius 3 is 1.56 bits per heavy atom. The quantitative estimate of drug-likeness (QED) is 0.168. The molecule has 0 bridgehead atoms. The van der Waals surface area contributed by atoms with Crippen molar-refractivity contribution in [3.05, 3.63) is 224 Å². The minimum atomic E-state index is 0.611. The largest absolute Gasteiger partial charge is 0.309 e. The van der Waals surface area contributed by atoms with Crippen LogP contribution in [-0.4, -0.2) is 24.1 Å². The van der Waals surface area contributed by atoms with E-state index in [-0.39, 0.29) is 0 Å². The molecule has 13 rings (SSSR count). The second-order valence-corrected chi connectivity index (χ2v) is 16.4. The SMILES string of the molecule is c1ccc(-c2ccc(-c3nc(-c4cccc5c(-n6c7ccccc7c7cc8ccccc8cc76)cccc45)nc(-c4cccc5c6ccccc6n(-c6ccccc6)c45)n3)cc2)cc1. The normalized spacial score (nSPS) is 11.8. The average Bonchev–Trinajstić information content (AvgIpc) is 3.88. The summed E-state index contributed by atoms with van der Waals surface area (Å²) in [6, 6.07) is 79.8. The fraction of sp³-hybridized carbons (Fsp3) is 0. The molecule has 5 nitrogen and oxygen atoms in total. The number of rotatable bonds is 6. The monoisotopic (exact) mass is 815 g/mol. The Morgan fingerprint density at radius 2 is 0.797 bits per heavy atom. The van der Waals surface area contributed by atoms with Gasteiger partial charge in [-0.25, -0.2) is 15.0 Å². The second-order valence-electron chi connectivity index (χ2n) is 16.4. The van der Waals surface area contributed by atoms with E-state index in [1.54, 1.807) is 0 Å². The summed E-state index contributed by atoms with van der Waals surface area (Å²) >= 11 is 0. The van der Waals surface area contributed by atoms with E-state index in [1.807, 2.05) is 6.07 Å². The lowest BCUT2D eigenvalue weighted by atomic mass is 10.0. The summed E-state index contributed by atoms with van der Waals surface area (Å²) < 4.78 is 4.77. The molecule has 3 aromatic heterocycles. The maximum Gasteiger partial charge on any atom is 0.166 e. The van der Waals surface area contributed by atoms with E-state index in [4.69, 9.17) is 15.0 Å². The van der Waals surface area contributed by atoms with E-state index in [1.165, 1.54) is 32.4 Å². The number of aromatic nitrogens is 5. The molecule has 0 spiro atoms. The molecule has 0 atom stereocenters. The number of benzene rings is 10. The van der Waals surface area contributed by atoms with Crippen LogP contribution in [0.15, 0.2) is 224 Å². The molecule has 0 aliphatic carbocycles. The maximum atomic E-state index is 5.45. The van der Waals surface area contributed by atoms with Gasteiger partial charge in [0, 0.05) is 49.3 Å². The second kappa shape index (κ2) is 14.5. The molecule has 3 heterocycles. The van der Waals surface area contributed by atoms with E-state index >= 15 is 0 Å². The van der Waals surface area contributed by atoms with Gasteiger partial charge in [-0.15, -0.1) is 0 Å². The Balaban J connectivity index is 1.06. The van der Waals surface area contributed by atoms with Crippen LogP contribution in [0.3, 0.4) is 0 Å². The van der Waals surface area contributed by atoms with E-state index < -0.39 is 0 Å². The third kappa shape index (κ3) is 5.68. The van der Waals surface area contributed by atoms with Crippen LogP contribution in [0, 0.1) is 0 Å². The Kier molecular flexibility index (Phi) is 8.15. The zero-order valence-corrected chi connectivity index (χ0v) is 34.6. The van der Waals surface area contributed by atoms with Gasteiger partial charge in [-0.1, -0.05) is 176 Å².